The second kappa shape index (κ2) is 7.62. The minimum absolute atomic E-state index is 0.0644. The SMILES string of the molecule is O[C@H](CNCc1ccc(-c2ccc(F)c(Cl)c2)o1)c1ccccc1. The maximum atomic E-state index is 13.2. The first-order valence-electron chi connectivity index (χ1n) is 7.61. The molecule has 3 nitrogen and oxygen atoms in total. The molecule has 3 rings (SSSR count). The van der Waals surface area contributed by atoms with Crippen LogP contribution in [0.15, 0.2) is 65.1 Å². The largest absolute Gasteiger partial charge is 0.460 e. The Morgan fingerprint density at radius 3 is 2.62 bits per heavy atom. The van der Waals surface area contributed by atoms with Crippen LogP contribution < -0.4 is 5.32 Å². The molecule has 1 aromatic heterocycles. The van der Waals surface area contributed by atoms with Crippen LogP contribution in [-0.4, -0.2) is 11.7 Å². The van der Waals surface area contributed by atoms with Crippen LogP contribution in [0.1, 0.15) is 17.4 Å². The molecule has 0 saturated carbocycles. The number of benzene rings is 2. The van der Waals surface area contributed by atoms with Gasteiger partial charge in [0.05, 0.1) is 17.7 Å². The summed E-state index contributed by atoms with van der Waals surface area (Å²) in [4.78, 5) is 0. The molecular weight excluding hydrogens is 329 g/mol. The smallest absolute Gasteiger partial charge is 0.141 e. The molecule has 0 fully saturated rings. The average molecular weight is 346 g/mol. The molecule has 0 unspecified atom stereocenters. The molecule has 0 amide bonds. The van der Waals surface area contributed by atoms with E-state index in [9.17, 15) is 9.50 Å². The van der Waals surface area contributed by atoms with E-state index in [0.29, 0.717) is 18.8 Å². The molecule has 1 heterocycles. The summed E-state index contributed by atoms with van der Waals surface area (Å²) in [7, 11) is 0. The summed E-state index contributed by atoms with van der Waals surface area (Å²) in [5.74, 6) is 0.895. The molecule has 1 atom stereocenters. The Bertz CT molecular complexity index is 804. The monoisotopic (exact) mass is 345 g/mol. The van der Waals surface area contributed by atoms with Gasteiger partial charge in [0.2, 0.25) is 0 Å². The van der Waals surface area contributed by atoms with Crippen LogP contribution in [0.25, 0.3) is 11.3 Å². The van der Waals surface area contributed by atoms with E-state index in [1.807, 2.05) is 42.5 Å². The Kier molecular flexibility index (Phi) is 5.30. The molecule has 2 N–H and O–H groups in total. The van der Waals surface area contributed by atoms with E-state index in [1.165, 1.54) is 12.1 Å². The summed E-state index contributed by atoms with van der Waals surface area (Å²) in [6.45, 7) is 0.904. The van der Waals surface area contributed by atoms with Crippen LogP contribution in [0.2, 0.25) is 5.02 Å². The van der Waals surface area contributed by atoms with Crippen LogP contribution in [0.4, 0.5) is 4.39 Å². The predicted molar refractivity (Wildman–Crippen MR) is 92.2 cm³/mol. The number of furan rings is 1. The Balaban J connectivity index is 1.57. The number of aliphatic hydroxyl groups excluding tert-OH is 1. The molecule has 124 valence electrons. The van der Waals surface area contributed by atoms with Crippen LogP contribution in [0.3, 0.4) is 0 Å². The van der Waals surface area contributed by atoms with Gasteiger partial charge in [-0.25, -0.2) is 4.39 Å². The van der Waals surface area contributed by atoms with Crippen molar-refractivity contribution in [2.24, 2.45) is 0 Å². The van der Waals surface area contributed by atoms with E-state index in [0.717, 1.165) is 16.9 Å². The molecule has 0 saturated heterocycles. The normalized spacial score (nSPS) is 12.3. The summed E-state index contributed by atoms with van der Waals surface area (Å²) < 4.78 is 18.9. The van der Waals surface area contributed by atoms with E-state index in [-0.39, 0.29) is 5.02 Å². The Hall–Kier alpha value is -2.14. The van der Waals surface area contributed by atoms with Gasteiger partial charge in [-0.1, -0.05) is 41.9 Å². The molecule has 2 aromatic carbocycles. The Morgan fingerprint density at radius 2 is 1.88 bits per heavy atom. The van der Waals surface area contributed by atoms with E-state index < -0.39 is 11.9 Å². The second-order valence-electron chi connectivity index (χ2n) is 5.45. The summed E-state index contributed by atoms with van der Waals surface area (Å²) >= 11 is 5.79. The highest BCUT2D eigenvalue weighted by Crippen LogP contribution is 2.26. The van der Waals surface area contributed by atoms with Crippen molar-refractivity contribution in [3.8, 4) is 11.3 Å². The van der Waals surface area contributed by atoms with Gasteiger partial charge in [0.1, 0.15) is 17.3 Å². The van der Waals surface area contributed by atoms with E-state index in [2.05, 4.69) is 5.32 Å². The third kappa shape index (κ3) is 4.03. The number of aliphatic hydroxyl groups is 1. The van der Waals surface area contributed by atoms with Gasteiger partial charge in [0.25, 0.3) is 0 Å². The molecular formula is C19H17ClFNO2. The van der Waals surface area contributed by atoms with Crippen molar-refractivity contribution in [2.45, 2.75) is 12.6 Å². The van der Waals surface area contributed by atoms with Crippen LogP contribution in [0, 0.1) is 5.82 Å². The van der Waals surface area contributed by atoms with Crippen molar-refractivity contribution >= 4 is 11.6 Å². The third-order valence-electron chi connectivity index (χ3n) is 3.69. The number of nitrogens with one attached hydrogen (secondary N) is 1. The second-order valence-corrected chi connectivity index (χ2v) is 5.86. The van der Waals surface area contributed by atoms with E-state index >= 15 is 0 Å². The minimum Gasteiger partial charge on any atom is -0.460 e. The fourth-order valence-corrected chi connectivity index (χ4v) is 2.58. The topological polar surface area (TPSA) is 45.4 Å². The lowest BCUT2D eigenvalue weighted by molar-refractivity contribution is 0.173. The van der Waals surface area contributed by atoms with Gasteiger partial charge >= 0.3 is 0 Å². The molecule has 3 aromatic rings. The third-order valence-corrected chi connectivity index (χ3v) is 3.98. The molecule has 24 heavy (non-hydrogen) atoms. The van der Waals surface area contributed by atoms with Gasteiger partial charge in [0.15, 0.2) is 0 Å². The Labute approximate surface area is 144 Å². The summed E-state index contributed by atoms with van der Waals surface area (Å²) in [6, 6.07) is 17.6. The molecule has 0 aliphatic heterocycles. The molecule has 5 heteroatoms. The number of hydrogen-bond donors (Lipinski definition) is 2. The molecule has 0 aliphatic carbocycles. The number of halogens is 2. The van der Waals surface area contributed by atoms with Crippen molar-refractivity contribution in [1.29, 1.82) is 0 Å². The zero-order chi connectivity index (χ0) is 16.9. The molecule has 0 aliphatic rings. The van der Waals surface area contributed by atoms with Gasteiger partial charge in [-0.05, 0) is 35.9 Å². The number of hydrogen-bond acceptors (Lipinski definition) is 3. The van der Waals surface area contributed by atoms with Crippen LogP contribution in [-0.2, 0) is 6.54 Å². The van der Waals surface area contributed by atoms with Crippen molar-refractivity contribution in [2.75, 3.05) is 6.54 Å². The quantitative estimate of drug-likeness (QED) is 0.688. The lowest BCUT2D eigenvalue weighted by atomic mass is 10.1. The summed E-state index contributed by atoms with van der Waals surface area (Å²) in [5, 5.41) is 13.3. The number of rotatable bonds is 6. The standard InChI is InChI=1S/C19H17ClFNO2/c20-16-10-14(6-8-17(16)21)19-9-7-15(24-19)11-22-12-18(23)13-4-2-1-3-5-13/h1-10,18,22-23H,11-12H2/t18-/m1/s1. The minimum atomic E-state index is -0.573. The maximum Gasteiger partial charge on any atom is 0.141 e. The van der Waals surface area contributed by atoms with Gasteiger partial charge in [0, 0.05) is 12.1 Å². The van der Waals surface area contributed by atoms with Crippen LogP contribution >= 0.6 is 11.6 Å². The highest BCUT2D eigenvalue weighted by Gasteiger charge is 2.09. The van der Waals surface area contributed by atoms with Crippen molar-refractivity contribution < 1.29 is 13.9 Å². The molecule has 0 bridgehead atoms. The zero-order valence-corrected chi connectivity index (χ0v) is 13.6. The molecule has 0 radical (unpaired) electrons. The van der Waals surface area contributed by atoms with E-state index in [4.69, 9.17) is 16.0 Å². The first-order valence-corrected chi connectivity index (χ1v) is 7.99. The Morgan fingerprint density at radius 1 is 1.08 bits per heavy atom. The van der Waals surface area contributed by atoms with Crippen LogP contribution in [0.5, 0.6) is 0 Å². The predicted octanol–water partition coefficient (Wildman–Crippen LogP) is 4.56. The fraction of sp³-hybridized carbons (Fsp3) is 0.158. The first-order chi connectivity index (χ1) is 11.6. The highest BCUT2D eigenvalue weighted by atomic mass is 35.5. The van der Waals surface area contributed by atoms with Gasteiger partial charge < -0.3 is 14.8 Å². The average Bonchev–Trinajstić information content (AvgIpc) is 3.07. The lowest BCUT2D eigenvalue weighted by Crippen LogP contribution is -2.20. The molecule has 0 spiro atoms. The van der Waals surface area contributed by atoms with Crippen molar-refractivity contribution in [3.63, 3.8) is 0 Å². The summed E-state index contributed by atoms with van der Waals surface area (Å²) in [6.07, 6.45) is -0.573. The lowest BCUT2D eigenvalue weighted by Gasteiger charge is -2.11. The van der Waals surface area contributed by atoms with Gasteiger partial charge in [-0.2, -0.15) is 0 Å². The first kappa shape index (κ1) is 16.7. The van der Waals surface area contributed by atoms with Crippen molar-refractivity contribution in [1.82, 2.24) is 5.32 Å². The maximum absolute atomic E-state index is 13.2. The zero-order valence-electron chi connectivity index (χ0n) is 12.9. The van der Waals surface area contributed by atoms with Gasteiger partial charge in [-0.3, -0.25) is 0 Å². The van der Waals surface area contributed by atoms with Crippen molar-refractivity contribution in [3.05, 3.63) is 82.8 Å². The fourth-order valence-electron chi connectivity index (χ4n) is 2.40. The van der Waals surface area contributed by atoms with E-state index in [1.54, 1.807) is 6.07 Å². The summed E-state index contributed by atoms with van der Waals surface area (Å²) in [5.41, 5.74) is 1.59. The van der Waals surface area contributed by atoms with Gasteiger partial charge in [-0.15, -0.1) is 0 Å². The highest BCUT2D eigenvalue weighted by molar-refractivity contribution is 6.31.